The third kappa shape index (κ3) is 1.91. The molecule has 0 radical (unpaired) electrons. The second-order valence-corrected chi connectivity index (χ2v) is 4.26. The molecule has 18 heavy (non-hydrogen) atoms. The Morgan fingerprint density at radius 1 is 1.33 bits per heavy atom. The van der Waals surface area contributed by atoms with Crippen LogP contribution in [-0.2, 0) is 24.4 Å². The zero-order valence-corrected chi connectivity index (χ0v) is 10.4. The number of fused-ring (bicyclic) bond motifs is 3. The van der Waals surface area contributed by atoms with Crippen LogP contribution in [0.3, 0.4) is 0 Å². The second kappa shape index (κ2) is 4.88. The first kappa shape index (κ1) is 11.4. The number of nitrogens with zero attached hydrogens (tertiary/aromatic N) is 3. The molecule has 0 bridgehead atoms. The monoisotopic (exact) mass is 244 g/mol. The Morgan fingerprint density at radius 3 is 3.11 bits per heavy atom. The molecule has 0 spiro atoms. The molecule has 5 nitrogen and oxygen atoms in total. The first-order chi connectivity index (χ1) is 8.90. The molecule has 94 valence electrons. The molecule has 0 atom stereocenters. The summed E-state index contributed by atoms with van der Waals surface area (Å²) in [7, 11) is 0. The van der Waals surface area contributed by atoms with Crippen molar-refractivity contribution in [3.8, 4) is 5.69 Å². The molecular formula is C13H16N4O. The Bertz CT molecular complexity index is 550. The minimum atomic E-state index is 0.523. The second-order valence-electron chi connectivity index (χ2n) is 4.26. The average Bonchev–Trinajstić information content (AvgIpc) is 2.70. The molecule has 0 saturated carbocycles. The number of nitrogens with one attached hydrogen (secondary N) is 1. The Hall–Kier alpha value is -1.72. The lowest BCUT2D eigenvalue weighted by Crippen LogP contribution is -2.12. The fourth-order valence-electron chi connectivity index (χ4n) is 2.20. The number of benzene rings is 1. The molecule has 2 aromatic rings. The highest BCUT2D eigenvalue weighted by atomic mass is 16.5. The maximum Gasteiger partial charge on any atom is 0.113 e. The summed E-state index contributed by atoms with van der Waals surface area (Å²) in [4.78, 5) is 0. The van der Waals surface area contributed by atoms with Gasteiger partial charge in [0.05, 0.1) is 18.0 Å². The van der Waals surface area contributed by atoms with Gasteiger partial charge in [-0.1, -0.05) is 23.4 Å². The molecule has 1 N–H and O–H groups in total. The van der Waals surface area contributed by atoms with Crippen LogP contribution < -0.4 is 5.32 Å². The summed E-state index contributed by atoms with van der Waals surface area (Å²) in [5.74, 6) is 0. The summed E-state index contributed by atoms with van der Waals surface area (Å²) >= 11 is 0. The van der Waals surface area contributed by atoms with Crippen molar-refractivity contribution in [2.24, 2.45) is 0 Å². The van der Waals surface area contributed by atoms with Gasteiger partial charge in [0, 0.05) is 19.7 Å². The fraction of sp³-hybridized carbons (Fsp3) is 0.385. The number of rotatable bonds is 3. The smallest absolute Gasteiger partial charge is 0.113 e. The van der Waals surface area contributed by atoms with Gasteiger partial charge in [0.15, 0.2) is 0 Å². The number of hydrogen-bond donors (Lipinski definition) is 1. The highest BCUT2D eigenvalue weighted by Crippen LogP contribution is 2.20. The predicted molar refractivity (Wildman–Crippen MR) is 67.2 cm³/mol. The minimum absolute atomic E-state index is 0.523. The fourth-order valence-corrected chi connectivity index (χ4v) is 2.20. The average molecular weight is 244 g/mol. The van der Waals surface area contributed by atoms with E-state index in [1.807, 2.05) is 23.7 Å². The van der Waals surface area contributed by atoms with Crippen LogP contribution >= 0.6 is 0 Å². The van der Waals surface area contributed by atoms with E-state index in [0.717, 1.165) is 30.2 Å². The summed E-state index contributed by atoms with van der Waals surface area (Å²) in [6, 6.07) is 8.26. The lowest BCUT2D eigenvalue weighted by atomic mass is 10.2. The summed E-state index contributed by atoms with van der Waals surface area (Å²) in [6.07, 6.45) is 0. The lowest BCUT2D eigenvalue weighted by molar-refractivity contribution is 0.130. The van der Waals surface area contributed by atoms with Crippen LogP contribution in [0.25, 0.3) is 5.69 Å². The van der Waals surface area contributed by atoms with Gasteiger partial charge in [-0.15, -0.1) is 5.10 Å². The zero-order valence-electron chi connectivity index (χ0n) is 10.4. The van der Waals surface area contributed by atoms with Crippen LogP contribution in [-0.4, -0.2) is 21.6 Å². The highest BCUT2D eigenvalue weighted by molar-refractivity contribution is 5.42. The number of aromatic nitrogens is 3. The van der Waals surface area contributed by atoms with E-state index >= 15 is 0 Å². The van der Waals surface area contributed by atoms with Gasteiger partial charge in [0.25, 0.3) is 0 Å². The number of hydrogen-bond acceptors (Lipinski definition) is 4. The standard InChI is InChI=1S/C13H16N4O/c1-2-18-9-11-13-8-14-7-10-5-3-4-6-12(10)17(13)16-15-11/h3-6,14H,2,7-9H2,1H3. The first-order valence-corrected chi connectivity index (χ1v) is 6.20. The Balaban J connectivity index is 2.03. The van der Waals surface area contributed by atoms with Crippen molar-refractivity contribution in [2.75, 3.05) is 6.61 Å². The van der Waals surface area contributed by atoms with Crippen molar-refractivity contribution in [3.63, 3.8) is 0 Å². The van der Waals surface area contributed by atoms with E-state index in [1.54, 1.807) is 0 Å². The van der Waals surface area contributed by atoms with E-state index in [2.05, 4.69) is 27.8 Å². The third-order valence-electron chi connectivity index (χ3n) is 3.11. The van der Waals surface area contributed by atoms with Crippen molar-refractivity contribution < 1.29 is 4.74 Å². The van der Waals surface area contributed by atoms with Crippen LogP contribution in [0.15, 0.2) is 24.3 Å². The van der Waals surface area contributed by atoms with Crippen LogP contribution in [0.2, 0.25) is 0 Å². The van der Waals surface area contributed by atoms with E-state index in [0.29, 0.717) is 13.2 Å². The summed E-state index contributed by atoms with van der Waals surface area (Å²) in [5.41, 5.74) is 4.35. The van der Waals surface area contributed by atoms with Gasteiger partial charge >= 0.3 is 0 Å². The maximum atomic E-state index is 5.43. The third-order valence-corrected chi connectivity index (χ3v) is 3.11. The summed E-state index contributed by atoms with van der Waals surface area (Å²) in [5, 5.41) is 11.9. The first-order valence-electron chi connectivity index (χ1n) is 6.20. The summed E-state index contributed by atoms with van der Waals surface area (Å²) in [6.45, 7) is 4.82. The quantitative estimate of drug-likeness (QED) is 0.887. The van der Waals surface area contributed by atoms with Gasteiger partial charge < -0.3 is 10.1 Å². The maximum absolute atomic E-state index is 5.43. The lowest BCUT2D eigenvalue weighted by Gasteiger charge is -2.06. The number of para-hydroxylation sites is 1. The van der Waals surface area contributed by atoms with Crippen molar-refractivity contribution in [2.45, 2.75) is 26.6 Å². The van der Waals surface area contributed by atoms with E-state index in [-0.39, 0.29) is 0 Å². The van der Waals surface area contributed by atoms with Gasteiger partial charge in [0.2, 0.25) is 0 Å². The molecule has 0 saturated heterocycles. The van der Waals surface area contributed by atoms with Crippen molar-refractivity contribution in [3.05, 3.63) is 41.2 Å². The van der Waals surface area contributed by atoms with E-state index in [1.165, 1.54) is 5.56 Å². The molecule has 0 fully saturated rings. The van der Waals surface area contributed by atoms with Gasteiger partial charge in [0.1, 0.15) is 5.69 Å². The van der Waals surface area contributed by atoms with Crippen molar-refractivity contribution in [1.82, 2.24) is 20.3 Å². The van der Waals surface area contributed by atoms with Gasteiger partial charge in [-0.3, -0.25) is 0 Å². The topological polar surface area (TPSA) is 52.0 Å². The van der Waals surface area contributed by atoms with Crippen LogP contribution in [0.4, 0.5) is 0 Å². The highest BCUT2D eigenvalue weighted by Gasteiger charge is 2.18. The molecule has 1 aromatic heterocycles. The van der Waals surface area contributed by atoms with E-state index < -0.39 is 0 Å². The van der Waals surface area contributed by atoms with Crippen LogP contribution in [0.5, 0.6) is 0 Å². The molecule has 5 heteroatoms. The van der Waals surface area contributed by atoms with Crippen molar-refractivity contribution in [1.29, 1.82) is 0 Å². The Morgan fingerprint density at radius 2 is 2.22 bits per heavy atom. The molecule has 1 aromatic carbocycles. The van der Waals surface area contributed by atoms with E-state index in [4.69, 9.17) is 4.74 Å². The molecule has 3 rings (SSSR count). The van der Waals surface area contributed by atoms with Gasteiger partial charge in [-0.2, -0.15) is 0 Å². The molecule has 1 aliphatic heterocycles. The van der Waals surface area contributed by atoms with Crippen LogP contribution in [0.1, 0.15) is 23.9 Å². The Labute approximate surface area is 106 Å². The largest absolute Gasteiger partial charge is 0.375 e. The zero-order chi connectivity index (χ0) is 12.4. The SMILES string of the molecule is CCOCc1nnn2c1CNCc1ccccc1-2. The molecular weight excluding hydrogens is 228 g/mol. The molecule has 0 unspecified atom stereocenters. The normalized spacial score (nSPS) is 13.8. The van der Waals surface area contributed by atoms with E-state index in [9.17, 15) is 0 Å². The molecule has 2 heterocycles. The van der Waals surface area contributed by atoms with Gasteiger partial charge in [-0.25, -0.2) is 4.68 Å². The minimum Gasteiger partial charge on any atom is -0.375 e. The van der Waals surface area contributed by atoms with Gasteiger partial charge in [-0.05, 0) is 18.6 Å². The van der Waals surface area contributed by atoms with Crippen molar-refractivity contribution >= 4 is 0 Å². The van der Waals surface area contributed by atoms with Crippen LogP contribution in [0, 0.1) is 0 Å². The summed E-state index contributed by atoms with van der Waals surface area (Å²) < 4.78 is 7.35. The predicted octanol–water partition coefficient (Wildman–Crippen LogP) is 1.41. The Kier molecular flexibility index (Phi) is 3.08. The molecule has 0 amide bonds. The molecule has 0 aliphatic carbocycles. The number of ether oxygens (including phenoxy) is 1. The molecule has 1 aliphatic rings.